The smallest absolute Gasteiger partial charge is 0.402 e. The highest BCUT2D eigenvalue weighted by atomic mass is 19.4. The van der Waals surface area contributed by atoms with E-state index in [4.69, 9.17) is 16.5 Å². The van der Waals surface area contributed by atoms with Crippen molar-refractivity contribution in [2.24, 2.45) is 28.0 Å². The van der Waals surface area contributed by atoms with Crippen LogP contribution in [0.15, 0.2) is 23.3 Å². The first-order valence-electron chi connectivity index (χ1n) is 11.5. The Labute approximate surface area is 191 Å². The number of nitrogens with two attached hydrogens (primary N) is 2. The molecule has 5 rings (SSSR count). The highest BCUT2D eigenvalue weighted by Gasteiger charge is 2.71. The number of likely N-dealkylation sites (N-methyl/N-ethyl adjacent to an activating group) is 1. The molecule has 0 aromatic carbocycles. The van der Waals surface area contributed by atoms with Crippen molar-refractivity contribution in [2.75, 3.05) is 39.0 Å². The van der Waals surface area contributed by atoms with Crippen LogP contribution < -0.4 is 16.2 Å². The van der Waals surface area contributed by atoms with Crippen molar-refractivity contribution in [1.29, 1.82) is 0 Å². The number of aliphatic imine (C=N–C) groups is 1. The molecule has 0 bridgehead atoms. The number of aromatic nitrogens is 1. The molecule has 0 amide bonds. The topological polar surface area (TPSA) is 93.0 Å². The van der Waals surface area contributed by atoms with Crippen molar-refractivity contribution in [1.82, 2.24) is 14.8 Å². The molecule has 4 N–H and O–H groups in total. The zero-order chi connectivity index (χ0) is 23.5. The van der Waals surface area contributed by atoms with Gasteiger partial charge in [-0.2, -0.15) is 0 Å². The summed E-state index contributed by atoms with van der Waals surface area (Å²) in [7, 11) is 2.18. The van der Waals surface area contributed by atoms with E-state index in [-0.39, 0.29) is 17.3 Å². The summed E-state index contributed by atoms with van der Waals surface area (Å²) in [6, 6.07) is 2.02. The summed E-state index contributed by atoms with van der Waals surface area (Å²) in [5.41, 5.74) is 13.7. The summed E-state index contributed by atoms with van der Waals surface area (Å²) in [6.45, 7) is 6.63. The number of nitrogens with zero attached hydrogens (tertiary/aromatic N) is 4. The van der Waals surface area contributed by atoms with Crippen molar-refractivity contribution in [3.05, 3.63) is 23.9 Å². The number of pyridine rings is 1. The third-order valence-electron chi connectivity index (χ3n) is 7.95. The number of rotatable bonds is 4. The predicted molar refractivity (Wildman–Crippen MR) is 121 cm³/mol. The SMILES string of the molecule is CC1C[C@]23C[C@@H](N4CCN(C)CC4)C[C@H]2[C@@H]3C(C=C(N)c2cnc(N)c(OC(F)(F)F)c2)=N1. The van der Waals surface area contributed by atoms with Gasteiger partial charge in [0.25, 0.3) is 0 Å². The number of ether oxygens (including phenoxy) is 1. The second-order valence-corrected chi connectivity index (χ2v) is 10.1. The molecular formula is C23H31F3N6O. The third-order valence-corrected chi connectivity index (χ3v) is 7.95. The van der Waals surface area contributed by atoms with Gasteiger partial charge in [0.15, 0.2) is 11.6 Å². The Hall–Kier alpha value is -2.33. The van der Waals surface area contributed by atoms with Crippen LogP contribution in [-0.4, -0.2) is 72.2 Å². The van der Waals surface area contributed by atoms with Crippen molar-refractivity contribution in [2.45, 2.75) is 44.6 Å². The average Bonchev–Trinajstić information content (AvgIpc) is 3.19. The van der Waals surface area contributed by atoms with Crippen molar-refractivity contribution >= 4 is 17.2 Å². The van der Waals surface area contributed by atoms with E-state index in [1.54, 1.807) is 0 Å². The number of piperazine rings is 1. The van der Waals surface area contributed by atoms with Crippen LogP contribution in [-0.2, 0) is 0 Å². The lowest BCUT2D eigenvalue weighted by Gasteiger charge is -2.38. The molecule has 33 heavy (non-hydrogen) atoms. The zero-order valence-corrected chi connectivity index (χ0v) is 19.0. The second-order valence-electron chi connectivity index (χ2n) is 10.1. The lowest BCUT2D eigenvalue weighted by atomic mass is 9.85. The molecule has 0 radical (unpaired) electrons. The summed E-state index contributed by atoms with van der Waals surface area (Å²) >= 11 is 0. The normalized spacial score (nSPS) is 35.1. The Bertz CT molecular complexity index is 987. The predicted octanol–water partition coefficient (Wildman–Crippen LogP) is 2.74. The first-order valence-corrected chi connectivity index (χ1v) is 11.5. The Kier molecular flexibility index (Phi) is 5.36. The maximum atomic E-state index is 12.7. The molecule has 4 aliphatic rings. The van der Waals surface area contributed by atoms with Gasteiger partial charge in [0.2, 0.25) is 0 Å². The van der Waals surface area contributed by atoms with Gasteiger partial charge < -0.3 is 21.1 Å². The van der Waals surface area contributed by atoms with E-state index >= 15 is 0 Å². The highest BCUT2D eigenvalue weighted by molar-refractivity contribution is 6.05. The molecule has 3 fully saturated rings. The molecule has 2 saturated carbocycles. The fraction of sp³-hybridized carbons (Fsp3) is 0.652. The van der Waals surface area contributed by atoms with E-state index in [0.717, 1.165) is 38.3 Å². The summed E-state index contributed by atoms with van der Waals surface area (Å²) < 4.78 is 42.0. The van der Waals surface area contributed by atoms with Crippen LogP contribution in [0.5, 0.6) is 5.75 Å². The number of hydrogen-bond acceptors (Lipinski definition) is 7. The van der Waals surface area contributed by atoms with E-state index in [1.807, 2.05) is 6.08 Å². The summed E-state index contributed by atoms with van der Waals surface area (Å²) in [4.78, 5) is 13.7. The number of nitrogen functional groups attached to an aromatic ring is 1. The number of fused-ring (bicyclic) bond motifs is 1. The van der Waals surface area contributed by atoms with E-state index < -0.39 is 12.1 Å². The van der Waals surface area contributed by atoms with E-state index in [1.165, 1.54) is 25.1 Å². The molecule has 1 aromatic heterocycles. The lowest BCUT2D eigenvalue weighted by molar-refractivity contribution is -0.274. The van der Waals surface area contributed by atoms with E-state index in [9.17, 15) is 13.2 Å². The number of allylic oxidation sites excluding steroid dienone is 1. The quantitative estimate of drug-likeness (QED) is 0.712. The zero-order valence-electron chi connectivity index (χ0n) is 19.0. The van der Waals surface area contributed by atoms with Crippen LogP contribution in [0.25, 0.3) is 5.70 Å². The largest absolute Gasteiger partial charge is 0.573 e. The Morgan fingerprint density at radius 2 is 1.97 bits per heavy atom. The average molecular weight is 465 g/mol. The molecule has 10 heteroatoms. The maximum Gasteiger partial charge on any atom is 0.573 e. The number of alkyl halides is 3. The Morgan fingerprint density at radius 1 is 1.24 bits per heavy atom. The van der Waals surface area contributed by atoms with Crippen molar-refractivity contribution in [3.63, 3.8) is 0 Å². The van der Waals surface area contributed by atoms with Crippen LogP contribution in [0.1, 0.15) is 31.7 Å². The van der Waals surface area contributed by atoms with Gasteiger partial charge in [-0.1, -0.05) is 0 Å². The van der Waals surface area contributed by atoms with Gasteiger partial charge in [-0.15, -0.1) is 13.2 Å². The molecule has 2 aliphatic heterocycles. The summed E-state index contributed by atoms with van der Waals surface area (Å²) in [5.74, 6) is 0.0929. The molecule has 1 spiro atoms. The van der Waals surface area contributed by atoms with Crippen LogP contribution in [0, 0.1) is 17.3 Å². The molecule has 7 nitrogen and oxygen atoms in total. The minimum atomic E-state index is -4.85. The maximum absolute atomic E-state index is 12.7. The fourth-order valence-electron chi connectivity index (χ4n) is 6.49. The van der Waals surface area contributed by atoms with Crippen LogP contribution in [0.2, 0.25) is 0 Å². The van der Waals surface area contributed by atoms with Crippen LogP contribution in [0.4, 0.5) is 19.0 Å². The standard InChI is InChI=1S/C23H31F3N6O/c1-13-10-22-11-15(32-5-3-31(2)4-6-32)8-16(22)20(22)18(30-13)9-17(27)14-7-19(21(28)29-12-14)33-23(24,25)26/h7,9,12-13,15-16,20H,3-6,8,10-11,27H2,1-2H3,(H2,28,29)/t13?,15-,16-,20+,22-/m0/s1. The Balaban J connectivity index is 1.33. The first-order chi connectivity index (χ1) is 15.6. The molecule has 1 unspecified atom stereocenters. The van der Waals surface area contributed by atoms with Crippen LogP contribution in [0.3, 0.4) is 0 Å². The lowest BCUT2D eigenvalue weighted by Crippen LogP contribution is -2.49. The number of anilines is 1. The van der Waals surface area contributed by atoms with Crippen molar-refractivity contribution in [3.8, 4) is 5.75 Å². The van der Waals surface area contributed by atoms with Crippen molar-refractivity contribution < 1.29 is 17.9 Å². The second kappa shape index (κ2) is 7.87. The first kappa shape index (κ1) is 22.5. The third kappa shape index (κ3) is 4.19. The van der Waals surface area contributed by atoms with E-state index in [0.29, 0.717) is 29.1 Å². The molecular weight excluding hydrogens is 433 g/mol. The van der Waals surface area contributed by atoms with Gasteiger partial charge >= 0.3 is 6.36 Å². The fourth-order valence-corrected chi connectivity index (χ4v) is 6.49. The van der Waals surface area contributed by atoms with Gasteiger partial charge in [-0.3, -0.25) is 9.89 Å². The minimum absolute atomic E-state index is 0.199. The molecule has 1 aromatic rings. The monoisotopic (exact) mass is 464 g/mol. The molecule has 3 heterocycles. The summed E-state index contributed by atoms with van der Waals surface area (Å²) in [6.07, 6.45) is 1.79. The van der Waals surface area contributed by atoms with Crippen LogP contribution >= 0.6 is 0 Å². The molecule has 2 aliphatic carbocycles. The molecule has 5 atom stereocenters. The Morgan fingerprint density at radius 3 is 2.67 bits per heavy atom. The minimum Gasteiger partial charge on any atom is -0.402 e. The molecule has 180 valence electrons. The van der Waals surface area contributed by atoms with E-state index in [2.05, 4.69) is 33.5 Å². The number of halogens is 3. The highest BCUT2D eigenvalue weighted by Crippen LogP contribution is 2.73. The number of hydrogen-bond donors (Lipinski definition) is 2. The van der Waals surface area contributed by atoms with Gasteiger partial charge in [-0.25, -0.2) is 4.98 Å². The van der Waals surface area contributed by atoms with Gasteiger partial charge in [-0.05, 0) is 56.7 Å². The van der Waals surface area contributed by atoms with Gasteiger partial charge in [0.1, 0.15) is 0 Å². The molecule has 1 saturated heterocycles. The van der Waals surface area contributed by atoms with Gasteiger partial charge in [0.05, 0.1) is 0 Å². The van der Waals surface area contributed by atoms with Gasteiger partial charge in [0, 0.05) is 67.3 Å². The summed E-state index contributed by atoms with van der Waals surface area (Å²) in [5, 5.41) is 0.